The molecule has 162 valence electrons. The molecule has 2 atom stereocenters. The molecule has 2 unspecified atom stereocenters. The van der Waals surface area contributed by atoms with E-state index in [1.807, 2.05) is 18.2 Å². The highest BCUT2D eigenvalue weighted by molar-refractivity contribution is 14.0. The lowest BCUT2D eigenvalue weighted by Crippen LogP contribution is -2.41. The lowest BCUT2D eigenvalue weighted by atomic mass is 9.89. The summed E-state index contributed by atoms with van der Waals surface area (Å²) >= 11 is 0. The highest BCUT2D eigenvalue weighted by Gasteiger charge is 2.27. The molecule has 0 saturated carbocycles. The van der Waals surface area contributed by atoms with Crippen molar-refractivity contribution in [3.05, 3.63) is 59.2 Å². The molecule has 6 nitrogen and oxygen atoms in total. The Bertz CT molecular complexity index is 857. The van der Waals surface area contributed by atoms with Crippen molar-refractivity contribution in [2.75, 3.05) is 27.0 Å². The summed E-state index contributed by atoms with van der Waals surface area (Å²) in [5.74, 6) is 2.80. The number of rotatable bonds is 5. The van der Waals surface area contributed by atoms with Crippen LogP contribution in [0.2, 0.25) is 0 Å². The van der Waals surface area contributed by atoms with Crippen molar-refractivity contribution in [2.45, 2.75) is 32.4 Å². The molecule has 1 saturated heterocycles. The first kappa shape index (κ1) is 22.7. The zero-order valence-electron chi connectivity index (χ0n) is 17.5. The van der Waals surface area contributed by atoms with E-state index in [9.17, 15) is 0 Å². The van der Waals surface area contributed by atoms with Crippen molar-refractivity contribution in [1.29, 1.82) is 0 Å². The second-order valence-electron chi connectivity index (χ2n) is 7.60. The summed E-state index contributed by atoms with van der Waals surface area (Å²) in [5.41, 5.74) is 3.65. The van der Waals surface area contributed by atoms with Gasteiger partial charge in [0.05, 0.1) is 6.10 Å². The number of halogens is 1. The average molecular weight is 523 g/mol. The van der Waals surface area contributed by atoms with Gasteiger partial charge in [0.1, 0.15) is 0 Å². The van der Waals surface area contributed by atoms with Crippen molar-refractivity contribution in [3.8, 4) is 11.5 Å². The van der Waals surface area contributed by atoms with Gasteiger partial charge in [0.25, 0.3) is 0 Å². The minimum atomic E-state index is 0. The van der Waals surface area contributed by atoms with Gasteiger partial charge in [-0.1, -0.05) is 35.9 Å². The van der Waals surface area contributed by atoms with Crippen LogP contribution in [0, 0.1) is 12.8 Å². The summed E-state index contributed by atoms with van der Waals surface area (Å²) in [4.78, 5) is 4.37. The zero-order chi connectivity index (χ0) is 20.1. The Morgan fingerprint density at radius 2 is 1.87 bits per heavy atom. The number of nitrogens with zero attached hydrogens (tertiary/aromatic N) is 1. The number of aliphatic imine (C=N–C) groups is 1. The average Bonchev–Trinajstić information content (AvgIpc) is 3.23. The molecule has 1 fully saturated rings. The lowest BCUT2D eigenvalue weighted by Gasteiger charge is -2.32. The molecule has 0 aliphatic carbocycles. The molecule has 2 aliphatic rings. The highest BCUT2D eigenvalue weighted by atomic mass is 127. The maximum atomic E-state index is 6.13. The fourth-order valence-corrected chi connectivity index (χ4v) is 3.86. The van der Waals surface area contributed by atoms with Crippen molar-refractivity contribution in [2.24, 2.45) is 10.9 Å². The van der Waals surface area contributed by atoms with E-state index in [0.29, 0.717) is 19.3 Å². The van der Waals surface area contributed by atoms with E-state index in [0.717, 1.165) is 49.0 Å². The summed E-state index contributed by atoms with van der Waals surface area (Å²) in [6.45, 7) is 4.71. The van der Waals surface area contributed by atoms with Crippen molar-refractivity contribution < 1.29 is 14.2 Å². The topological polar surface area (TPSA) is 64.1 Å². The molecule has 2 heterocycles. The van der Waals surface area contributed by atoms with Crippen LogP contribution in [0.1, 0.15) is 35.6 Å². The van der Waals surface area contributed by atoms with Gasteiger partial charge in [-0.05, 0) is 43.0 Å². The zero-order valence-corrected chi connectivity index (χ0v) is 19.8. The second kappa shape index (κ2) is 10.9. The fraction of sp³-hybridized carbons (Fsp3) is 0.435. The molecule has 4 rings (SSSR count). The van der Waals surface area contributed by atoms with Crippen LogP contribution in [0.5, 0.6) is 11.5 Å². The Balaban J connectivity index is 0.00000256. The number of ether oxygens (including phenoxy) is 3. The van der Waals surface area contributed by atoms with Gasteiger partial charge in [0.15, 0.2) is 17.5 Å². The molecule has 7 heteroatoms. The largest absolute Gasteiger partial charge is 0.454 e. The molecule has 2 N–H and O–H groups in total. The molecular weight excluding hydrogens is 493 g/mol. The van der Waals surface area contributed by atoms with E-state index in [-0.39, 0.29) is 30.1 Å². The molecule has 30 heavy (non-hydrogen) atoms. The highest BCUT2D eigenvalue weighted by Crippen LogP contribution is 2.34. The summed E-state index contributed by atoms with van der Waals surface area (Å²) in [7, 11) is 1.80. The van der Waals surface area contributed by atoms with Gasteiger partial charge < -0.3 is 24.8 Å². The first-order valence-corrected chi connectivity index (χ1v) is 10.2. The Morgan fingerprint density at radius 3 is 2.67 bits per heavy atom. The maximum absolute atomic E-state index is 6.13. The molecule has 0 bridgehead atoms. The van der Waals surface area contributed by atoms with Crippen LogP contribution in [0.15, 0.2) is 47.5 Å². The Kier molecular flexibility index (Phi) is 8.21. The minimum absolute atomic E-state index is 0. The van der Waals surface area contributed by atoms with E-state index >= 15 is 0 Å². The summed E-state index contributed by atoms with van der Waals surface area (Å²) in [6.07, 6.45) is 2.37. The van der Waals surface area contributed by atoms with E-state index < -0.39 is 0 Å². The van der Waals surface area contributed by atoms with Gasteiger partial charge in [-0.25, -0.2) is 0 Å². The van der Waals surface area contributed by atoms with Gasteiger partial charge in [0, 0.05) is 32.7 Å². The number of benzene rings is 2. The third-order valence-corrected chi connectivity index (χ3v) is 5.50. The monoisotopic (exact) mass is 523 g/mol. The SMILES string of the molecule is CN=C(NCc1ccc2c(c1)OCO2)NCC1CCCOC1c1ccc(C)cc1.I. The molecule has 0 aromatic heterocycles. The quantitative estimate of drug-likeness (QED) is 0.350. The number of hydrogen-bond acceptors (Lipinski definition) is 4. The van der Waals surface area contributed by atoms with Crippen LogP contribution in [0.25, 0.3) is 0 Å². The van der Waals surface area contributed by atoms with Gasteiger partial charge in [-0.3, -0.25) is 4.99 Å². The van der Waals surface area contributed by atoms with Crippen LogP contribution in [-0.2, 0) is 11.3 Å². The Hall–Kier alpha value is -2.00. The number of nitrogens with one attached hydrogen (secondary N) is 2. The molecule has 0 amide bonds. The van der Waals surface area contributed by atoms with Crippen LogP contribution < -0.4 is 20.1 Å². The first-order chi connectivity index (χ1) is 14.2. The van der Waals surface area contributed by atoms with E-state index in [1.165, 1.54) is 11.1 Å². The third-order valence-electron chi connectivity index (χ3n) is 5.50. The van der Waals surface area contributed by atoms with Gasteiger partial charge in [-0.2, -0.15) is 0 Å². The van der Waals surface area contributed by atoms with Gasteiger partial charge >= 0.3 is 0 Å². The normalized spacial score (nSPS) is 20.4. The third kappa shape index (κ3) is 5.57. The van der Waals surface area contributed by atoms with Crippen molar-refractivity contribution >= 4 is 29.9 Å². The second-order valence-corrected chi connectivity index (χ2v) is 7.60. The van der Waals surface area contributed by atoms with E-state index in [4.69, 9.17) is 14.2 Å². The number of hydrogen-bond donors (Lipinski definition) is 2. The molecule has 2 aromatic carbocycles. The molecular formula is C23H30IN3O3. The van der Waals surface area contributed by atoms with Crippen molar-refractivity contribution in [1.82, 2.24) is 10.6 Å². The van der Waals surface area contributed by atoms with Gasteiger partial charge in [0.2, 0.25) is 6.79 Å². The molecule has 0 radical (unpaired) electrons. The minimum Gasteiger partial charge on any atom is -0.454 e. The Labute approximate surface area is 195 Å². The maximum Gasteiger partial charge on any atom is 0.231 e. The van der Waals surface area contributed by atoms with Crippen LogP contribution in [0.4, 0.5) is 0 Å². The molecule has 2 aromatic rings. The standard InChI is InChI=1S/C23H29N3O3.HI/c1-16-5-8-18(9-6-16)22-19(4-3-11-27-22)14-26-23(24-2)25-13-17-7-10-20-21(12-17)29-15-28-20;/h5-10,12,19,22H,3-4,11,13-15H2,1-2H3,(H2,24,25,26);1H. The van der Waals surface area contributed by atoms with E-state index in [1.54, 1.807) is 7.05 Å². The summed E-state index contributed by atoms with van der Waals surface area (Å²) in [6, 6.07) is 14.7. The lowest BCUT2D eigenvalue weighted by molar-refractivity contribution is -0.0265. The number of aryl methyl sites for hydroxylation is 1. The Morgan fingerprint density at radius 1 is 1.07 bits per heavy atom. The van der Waals surface area contributed by atoms with Crippen LogP contribution in [0.3, 0.4) is 0 Å². The fourth-order valence-electron chi connectivity index (χ4n) is 3.86. The van der Waals surface area contributed by atoms with Crippen LogP contribution in [-0.4, -0.2) is 33.0 Å². The summed E-state index contributed by atoms with van der Waals surface area (Å²) in [5, 5.41) is 6.86. The molecule has 0 spiro atoms. The van der Waals surface area contributed by atoms with Gasteiger partial charge in [-0.15, -0.1) is 24.0 Å². The molecule has 2 aliphatic heterocycles. The van der Waals surface area contributed by atoms with E-state index in [2.05, 4.69) is 46.8 Å². The number of fused-ring (bicyclic) bond motifs is 1. The number of guanidine groups is 1. The van der Waals surface area contributed by atoms with Crippen molar-refractivity contribution in [3.63, 3.8) is 0 Å². The predicted molar refractivity (Wildman–Crippen MR) is 129 cm³/mol. The summed E-state index contributed by atoms with van der Waals surface area (Å²) < 4.78 is 16.9. The first-order valence-electron chi connectivity index (χ1n) is 10.2. The van der Waals surface area contributed by atoms with Crippen LogP contribution >= 0.6 is 24.0 Å². The smallest absolute Gasteiger partial charge is 0.231 e. The predicted octanol–water partition coefficient (Wildman–Crippen LogP) is 4.17.